The summed E-state index contributed by atoms with van der Waals surface area (Å²) in [6.07, 6.45) is 5.53. The molecular weight excluding hydrogens is 300 g/mol. The number of morpholine rings is 1. The van der Waals surface area contributed by atoms with Crippen LogP contribution in [0.15, 0.2) is 28.2 Å². The van der Waals surface area contributed by atoms with Gasteiger partial charge in [0.05, 0.1) is 37.1 Å². The van der Waals surface area contributed by atoms with Crippen LogP contribution in [0.3, 0.4) is 0 Å². The lowest BCUT2D eigenvalue weighted by molar-refractivity contribution is -0.143. The van der Waals surface area contributed by atoms with Crippen molar-refractivity contribution in [2.75, 3.05) is 13.2 Å². The van der Waals surface area contributed by atoms with E-state index in [2.05, 4.69) is 4.98 Å². The van der Waals surface area contributed by atoms with Crippen LogP contribution in [-0.2, 0) is 16.0 Å². The quantitative estimate of drug-likeness (QED) is 0.873. The van der Waals surface area contributed by atoms with Crippen molar-refractivity contribution in [1.29, 1.82) is 0 Å². The zero-order valence-corrected chi connectivity index (χ0v) is 13.1. The average Bonchev–Trinajstić information content (AvgIpc) is 3.27. The molecular formula is C16H18N2O3S. The first kappa shape index (κ1) is 14.0. The van der Waals surface area contributed by atoms with Crippen LogP contribution in [0.2, 0.25) is 0 Å². The molecule has 6 heteroatoms. The van der Waals surface area contributed by atoms with E-state index >= 15 is 0 Å². The Hall–Kier alpha value is -1.66. The van der Waals surface area contributed by atoms with Crippen LogP contribution >= 0.6 is 11.3 Å². The number of thiazole rings is 1. The first-order valence-electron chi connectivity index (χ1n) is 7.70. The van der Waals surface area contributed by atoms with Crippen LogP contribution in [0, 0.1) is 0 Å². The summed E-state index contributed by atoms with van der Waals surface area (Å²) in [4.78, 5) is 19.1. The van der Waals surface area contributed by atoms with Crippen molar-refractivity contribution in [2.24, 2.45) is 0 Å². The Balaban J connectivity index is 1.45. The lowest BCUT2D eigenvalue weighted by Gasteiger charge is -2.37. The van der Waals surface area contributed by atoms with Gasteiger partial charge in [0.15, 0.2) is 10.8 Å². The summed E-state index contributed by atoms with van der Waals surface area (Å²) < 4.78 is 11.1. The molecule has 0 radical (unpaired) electrons. The van der Waals surface area contributed by atoms with E-state index < -0.39 is 0 Å². The predicted molar refractivity (Wildman–Crippen MR) is 82.6 cm³/mol. The van der Waals surface area contributed by atoms with E-state index in [0.717, 1.165) is 35.7 Å². The molecule has 2 aliphatic rings. The molecule has 1 aliphatic carbocycles. The lowest BCUT2D eigenvalue weighted by atomic mass is 10.1. The first-order chi connectivity index (χ1) is 10.8. The highest BCUT2D eigenvalue weighted by Crippen LogP contribution is 2.30. The monoisotopic (exact) mass is 318 g/mol. The maximum atomic E-state index is 12.6. The highest BCUT2D eigenvalue weighted by molar-refractivity contribution is 7.13. The molecule has 0 spiro atoms. The SMILES string of the molecule is O=C(Cc1csc(-c2ccco2)n1)N1CCO[C@@H]2CCC[C@@H]21. The third-order valence-corrected chi connectivity index (χ3v) is 5.32. The molecule has 1 saturated heterocycles. The third kappa shape index (κ3) is 2.57. The molecule has 0 bridgehead atoms. The molecule has 2 aromatic heterocycles. The van der Waals surface area contributed by atoms with Crippen molar-refractivity contribution >= 4 is 17.2 Å². The van der Waals surface area contributed by atoms with Gasteiger partial charge >= 0.3 is 0 Å². The van der Waals surface area contributed by atoms with Gasteiger partial charge in [-0.2, -0.15) is 0 Å². The standard InChI is InChI=1S/C16H18N2O3S/c19-15(18-6-8-21-13-4-1-3-12(13)18)9-11-10-22-16(17-11)14-5-2-7-20-14/h2,5,7,10,12-13H,1,3-4,6,8-9H2/t12-,13+/m0/s1. The van der Waals surface area contributed by atoms with E-state index in [0.29, 0.717) is 19.6 Å². The molecule has 5 nitrogen and oxygen atoms in total. The number of hydrogen-bond donors (Lipinski definition) is 0. The Morgan fingerprint density at radius 3 is 3.27 bits per heavy atom. The summed E-state index contributed by atoms with van der Waals surface area (Å²) in [5.74, 6) is 0.919. The Kier molecular flexibility index (Phi) is 3.72. The molecule has 116 valence electrons. The van der Waals surface area contributed by atoms with Crippen molar-refractivity contribution in [2.45, 2.75) is 37.8 Å². The molecule has 2 fully saturated rings. The topological polar surface area (TPSA) is 55.6 Å². The Morgan fingerprint density at radius 1 is 1.45 bits per heavy atom. The van der Waals surface area contributed by atoms with E-state index in [-0.39, 0.29) is 18.1 Å². The van der Waals surface area contributed by atoms with Gasteiger partial charge < -0.3 is 14.1 Å². The van der Waals surface area contributed by atoms with E-state index in [1.807, 2.05) is 22.4 Å². The largest absolute Gasteiger partial charge is 0.462 e. The van der Waals surface area contributed by atoms with Crippen LogP contribution in [0.1, 0.15) is 25.0 Å². The minimum atomic E-state index is 0.163. The maximum Gasteiger partial charge on any atom is 0.229 e. The molecule has 0 aromatic carbocycles. The zero-order valence-electron chi connectivity index (χ0n) is 12.2. The maximum absolute atomic E-state index is 12.6. The van der Waals surface area contributed by atoms with E-state index in [4.69, 9.17) is 9.15 Å². The van der Waals surface area contributed by atoms with Crippen molar-refractivity contribution in [1.82, 2.24) is 9.88 Å². The fourth-order valence-corrected chi connectivity index (χ4v) is 4.18. The summed E-state index contributed by atoms with van der Waals surface area (Å²) in [7, 11) is 0. The third-order valence-electron chi connectivity index (χ3n) is 4.42. The number of furan rings is 1. The van der Waals surface area contributed by atoms with Gasteiger partial charge in [0, 0.05) is 11.9 Å². The highest BCUT2D eigenvalue weighted by Gasteiger charge is 2.38. The minimum absolute atomic E-state index is 0.163. The summed E-state index contributed by atoms with van der Waals surface area (Å²) >= 11 is 1.52. The summed E-state index contributed by atoms with van der Waals surface area (Å²) in [6, 6.07) is 4.00. The van der Waals surface area contributed by atoms with Gasteiger partial charge in [-0.25, -0.2) is 4.98 Å². The normalized spacial score (nSPS) is 24.5. The zero-order chi connectivity index (χ0) is 14.9. The number of rotatable bonds is 3. The van der Waals surface area contributed by atoms with Crippen molar-refractivity contribution in [3.8, 4) is 10.8 Å². The first-order valence-corrected chi connectivity index (χ1v) is 8.58. The number of aromatic nitrogens is 1. The Morgan fingerprint density at radius 2 is 2.41 bits per heavy atom. The molecule has 0 N–H and O–H groups in total. The number of hydrogen-bond acceptors (Lipinski definition) is 5. The number of amides is 1. The second-order valence-corrected chi connectivity index (χ2v) is 6.65. The van der Waals surface area contributed by atoms with Crippen LogP contribution in [0.4, 0.5) is 0 Å². The minimum Gasteiger partial charge on any atom is -0.462 e. The Labute approximate surface area is 132 Å². The molecule has 1 saturated carbocycles. The van der Waals surface area contributed by atoms with Gasteiger partial charge in [0.1, 0.15) is 0 Å². The summed E-state index contributed by atoms with van der Waals surface area (Å²) in [5.41, 5.74) is 0.822. The summed E-state index contributed by atoms with van der Waals surface area (Å²) in [5, 5.41) is 2.77. The van der Waals surface area contributed by atoms with Crippen LogP contribution in [0.5, 0.6) is 0 Å². The number of fused-ring (bicyclic) bond motifs is 1. The fourth-order valence-electron chi connectivity index (χ4n) is 3.39. The van der Waals surface area contributed by atoms with Crippen LogP contribution < -0.4 is 0 Å². The molecule has 1 amide bonds. The molecule has 4 rings (SSSR count). The molecule has 3 heterocycles. The van der Waals surface area contributed by atoms with E-state index in [1.165, 1.54) is 11.3 Å². The smallest absolute Gasteiger partial charge is 0.229 e. The molecule has 2 aromatic rings. The van der Waals surface area contributed by atoms with E-state index in [9.17, 15) is 4.79 Å². The van der Waals surface area contributed by atoms with Gasteiger partial charge in [-0.15, -0.1) is 11.3 Å². The summed E-state index contributed by atoms with van der Waals surface area (Å²) in [6.45, 7) is 1.36. The van der Waals surface area contributed by atoms with E-state index in [1.54, 1.807) is 6.26 Å². The molecule has 22 heavy (non-hydrogen) atoms. The molecule has 2 atom stereocenters. The fraction of sp³-hybridized carbons (Fsp3) is 0.500. The Bertz CT molecular complexity index is 652. The predicted octanol–water partition coefficient (Wildman–Crippen LogP) is 2.73. The van der Waals surface area contributed by atoms with Crippen molar-refractivity contribution in [3.63, 3.8) is 0 Å². The van der Waals surface area contributed by atoms with Crippen molar-refractivity contribution in [3.05, 3.63) is 29.5 Å². The van der Waals surface area contributed by atoms with Gasteiger partial charge in [0.25, 0.3) is 0 Å². The van der Waals surface area contributed by atoms with Crippen molar-refractivity contribution < 1.29 is 13.9 Å². The lowest BCUT2D eigenvalue weighted by Crippen LogP contribution is -2.51. The molecule has 0 unspecified atom stereocenters. The second kappa shape index (κ2) is 5.85. The van der Waals surface area contributed by atoms with Gasteiger partial charge in [-0.05, 0) is 31.4 Å². The second-order valence-electron chi connectivity index (χ2n) is 5.79. The number of carbonyl (C=O) groups excluding carboxylic acids is 1. The average molecular weight is 318 g/mol. The van der Waals surface area contributed by atoms with Gasteiger partial charge in [0.2, 0.25) is 5.91 Å². The van der Waals surface area contributed by atoms with Crippen LogP contribution in [0.25, 0.3) is 10.8 Å². The van der Waals surface area contributed by atoms with Gasteiger partial charge in [-0.3, -0.25) is 4.79 Å². The highest BCUT2D eigenvalue weighted by atomic mass is 32.1. The number of ether oxygens (including phenoxy) is 1. The molecule has 1 aliphatic heterocycles. The van der Waals surface area contributed by atoms with Crippen LogP contribution in [-0.4, -0.2) is 41.1 Å². The number of nitrogens with zero attached hydrogens (tertiary/aromatic N) is 2. The number of carbonyl (C=O) groups is 1. The van der Waals surface area contributed by atoms with Gasteiger partial charge in [-0.1, -0.05) is 0 Å².